The molecule has 0 amide bonds. The molecule has 52 valence electrons. The number of hydrogen-bond donors (Lipinski definition) is 0. The van der Waals surface area contributed by atoms with Crippen molar-refractivity contribution in [3.8, 4) is 12.3 Å². The fraction of sp³-hybridized carbons (Fsp3) is 0.444. The van der Waals surface area contributed by atoms with Crippen LogP contribution in [-0.4, -0.2) is 5.71 Å². The van der Waals surface area contributed by atoms with Crippen LogP contribution in [0, 0.1) is 18.3 Å². The van der Waals surface area contributed by atoms with Crippen LogP contribution in [0.15, 0.2) is 16.8 Å². The van der Waals surface area contributed by atoms with E-state index in [2.05, 4.69) is 24.8 Å². The van der Waals surface area contributed by atoms with Gasteiger partial charge in [0.15, 0.2) is 0 Å². The van der Waals surface area contributed by atoms with Gasteiger partial charge in [0, 0.05) is 12.6 Å². The fourth-order valence-electron chi connectivity index (χ4n) is 0.887. The summed E-state index contributed by atoms with van der Waals surface area (Å²) >= 11 is 0. The summed E-state index contributed by atoms with van der Waals surface area (Å²) in [5.74, 6) is 3.12. The van der Waals surface area contributed by atoms with Crippen LogP contribution in [0.1, 0.15) is 20.3 Å². The van der Waals surface area contributed by atoms with Gasteiger partial charge in [-0.05, 0) is 11.5 Å². The number of hydrogen-bond acceptors (Lipinski definition) is 1. The zero-order valence-corrected chi connectivity index (χ0v) is 6.39. The van der Waals surface area contributed by atoms with E-state index in [0.29, 0.717) is 5.92 Å². The molecule has 0 spiro atoms. The number of nitrogens with zero attached hydrogens (tertiary/aromatic N) is 1. The van der Waals surface area contributed by atoms with Crippen molar-refractivity contribution in [2.45, 2.75) is 20.3 Å². The van der Waals surface area contributed by atoms with E-state index in [-0.39, 0.29) is 0 Å². The first kappa shape index (κ1) is 7.08. The molecule has 0 unspecified atom stereocenters. The zero-order chi connectivity index (χ0) is 7.56. The van der Waals surface area contributed by atoms with E-state index < -0.39 is 0 Å². The lowest BCUT2D eigenvalue weighted by Gasteiger charge is -2.02. The van der Waals surface area contributed by atoms with Crippen LogP contribution in [0.4, 0.5) is 0 Å². The number of rotatable bonds is 1. The summed E-state index contributed by atoms with van der Waals surface area (Å²) in [4.78, 5) is 4.08. The smallest absolute Gasteiger partial charge is 0.0937 e. The Morgan fingerprint density at radius 3 is 2.70 bits per heavy atom. The number of terminal acetylenes is 1. The average Bonchev–Trinajstić information content (AvgIpc) is 2.34. The zero-order valence-electron chi connectivity index (χ0n) is 6.39. The third kappa shape index (κ3) is 1.27. The van der Waals surface area contributed by atoms with Crippen molar-refractivity contribution in [1.82, 2.24) is 0 Å². The van der Waals surface area contributed by atoms with E-state index in [1.165, 1.54) is 5.57 Å². The third-order valence-electron chi connectivity index (χ3n) is 1.67. The topological polar surface area (TPSA) is 12.4 Å². The van der Waals surface area contributed by atoms with Crippen LogP contribution in [0.2, 0.25) is 0 Å². The van der Waals surface area contributed by atoms with Gasteiger partial charge in [-0.2, -0.15) is 0 Å². The van der Waals surface area contributed by atoms with Crippen molar-refractivity contribution >= 4 is 5.71 Å². The molecule has 10 heavy (non-hydrogen) atoms. The van der Waals surface area contributed by atoms with Crippen molar-refractivity contribution in [2.24, 2.45) is 10.9 Å². The van der Waals surface area contributed by atoms with Gasteiger partial charge < -0.3 is 0 Å². The maximum absolute atomic E-state index is 5.18. The summed E-state index contributed by atoms with van der Waals surface area (Å²) in [5, 5.41) is 0. The predicted molar refractivity (Wildman–Crippen MR) is 43.8 cm³/mol. The molecule has 0 saturated heterocycles. The van der Waals surface area contributed by atoms with Crippen molar-refractivity contribution in [3.63, 3.8) is 0 Å². The maximum Gasteiger partial charge on any atom is 0.0937 e. The fourth-order valence-corrected chi connectivity index (χ4v) is 0.887. The minimum atomic E-state index is 0.578. The van der Waals surface area contributed by atoms with E-state index in [0.717, 1.165) is 12.1 Å². The SMILES string of the molecule is C#CC1=NC=C(C(C)C)C1. The molecule has 0 bridgehead atoms. The molecule has 1 rings (SSSR count). The molecule has 0 aromatic rings. The summed E-state index contributed by atoms with van der Waals surface area (Å²) in [5.41, 5.74) is 2.21. The molecule has 0 aliphatic carbocycles. The summed E-state index contributed by atoms with van der Waals surface area (Å²) in [6.07, 6.45) is 7.95. The lowest BCUT2D eigenvalue weighted by Crippen LogP contribution is -1.95. The van der Waals surface area contributed by atoms with Gasteiger partial charge >= 0.3 is 0 Å². The summed E-state index contributed by atoms with van der Waals surface area (Å²) in [6, 6.07) is 0. The van der Waals surface area contributed by atoms with Gasteiger partial charge in [0.1, 0.15) is 0 Å². The Morgan fingerprint density at radius 1 is 1.70 bits per heavy atom. The first-order chi connectivity index (χ1) is 4.74. The second-order valence-electron chi connectivity index (χ2n) is 2.76. The van der Waals surface area contributed by atoms with E-state index in [9.17, 15) is 0 Å². The van der Waals surface area contributed by atoms with Crippen molar-refractivity contribution in [1.29, 1.82) is 0 Å². The Kier molecular flexibility index (Phi) is 1.91. The molecule has 0 aromatic heterocycles. The van der Waals surface area contributed by atoms with Gasteiger partial charge in [-0.15, -0.1) is 6.42 Å². The van der Waals surface area contributed by atoms with Crippen molar-refractivity contribution < 1.29 is 0 Å². The van der Waals surface area contributed by atoms with Crippen molar-refractivity contribution in [3.05, 3.63) is 11.8 Å². The molecule has 1 nitrogen and oxygen atoms in total. The number of aliphatic imine (C=N–C) groups is 1. The highest BCUT2D eigenvalue weighted by Crippen LogP contribution is 2.19. The third-order valence-corrected chi connectivity index (χ3v) is 1.67. The second-order valence-corrected chi connectivity index (χ2v) is 2.76. The quantitative estimate of drug-likeness (QED) is 0.485. The molecule has 1 heteroatoms. The van der Waals surface area contributed by atoms with Gasteiger partial charge in [-0.1, -0.05) is 19.8 Å². The van der Waals surface area contributed by atoms with Gasteiger partial charge in [0.2, 0.25) is 0 Å². The summed E-state index contributed by atoms with van der Waals surface area (Å²) in [7, 11) is 0. The molecule has 0 atom stereocenters. The molecule has 0 aromatic carbocycles. The van der Waals surface area contributed by atoms with Gasteiger partial charge in [-0.3, -0.25) is 4.99 Å². The van der Waals surface area contributed by atoms with E-state index in [1.54, 1.807) is 0 Å². The normalized spacial score (nSPS) is 16.6. The van der Waals surface area contributed by atoms with Gasteiger partial charge in [0.05, 0.1) is 5.71 Å². The highest BCUT2D eigenvalue weighted by molar-refractivity contribution is 6.03. The molecular formula is C9H11N. The van der Waals surface area contributed by atoms with Gasteiger partial charge in [-0.25, -0.2) is 0 Å². The highest BCUT2D eigenvalue weighted by atomic mass is 14.7. The lowest BCUT2D eigenvalue weighted by molar-refractivity contribution is 0.758. The Morgan fingerprint density at radius 2 is 2.40 bits per heavy atom. The Hall–Kier alpha value is -1.03. The van der Waals surface area contributed by atoms with Crippen LogP contribution < -0.4 is 0 Å². The van der Waals surface area contributed by atoms with Crippen LogP contribution in [0.5, 0.6) is 0 Å². The molecule has 0 radical (unpaired) electrons. The average molecular weight is 133 g/mol. The first-order valence-electron chi connectivity index (χ1n) is 3.46. The second kappa shape index (κ2) is 2.70. The Bertz CT molecular complexity index is 226. The lowest BCUT2D eigenvalue weighted by atomic mass is 10.0. The summed E-state index contributed by atoms with van der Waals surface area (Å²) < 4.78 is 0. The van der Waals surface area contributed by atoms with E-state index in [1.807, 2.05) is 6.20 Å². The molecule has 0 fully saturated rings. The minimum Gasteiger partial charge on any atom is -0.252 e. The van der Waals surface area contributed by atoms with Gasteiger partial charge in [0.25, 0.3) is 0 Å². The van der Waals surface area contributed by atoms with Crippen LogP contribution in [0.3, 0.4) is 0 Å². The maximum atomic E-state index is 5.18. The van der Waals surface area contributed by atoms with Crippen molar-refractivity contribution in [2.75, 3.05) is 0 Å². The minimum absolute atomic E-state index is 0.578. The largest absolute Gasteiger partial charge is 0.252 e. The molecule has 1 heterocycles. The van der Waals surface area contributed by atoms with E-state index in [4.69, 9.17) is 6.42 Å². The molecule has 0 N–H and O–H groups in total. The molecule has 1 aliphatic heterocycles. The molecular weight excluding hydrogens is 122 g/mol. The first-order valence-corrected chi connectivity index (χ1v) is 3.46. The van der Waals surface area contributed by atoms with Crippen LogP contribution in [-0.2, 0) is 0 Å². The van der Waals surface area contributed by atoms with Crippen LogP contribution >= 0.6 is 0 Å². The number of allylic oxidation sites excluding steroid dienone is 1. The highest BCUT2D eigenvalue weighted by Gasteiger charge is 2.10. The Labute approximate surface area is 61.9 Å². The molecule has 0 saturated carbocycles. The van der Waals surface area contributed by atoms with E-state index >= 15 is 0 Å². The standard InChI is InChI=1S/C9H11N/c1-4-9-5-8(6-10-9)7(2)3/h1,6-7H,5H2,2-3H3. The monoisotopic (exact) mass is 133 g/mol. The molecule has 1 aliphatic rings. The Balaban J connectivity index is 2.58. The predicted octanol–water partition coefficient (Wildman–Crippen LogP) is 2.00. The summed E-state index contributed by atoms with van der Waals surface area (Å²) in [6.45, 7) is 4.31. The van der Waals surface area contributed by atoms with Crippen LogP contribution in [0.25, 0.3) is 0 Å².